The molecule has 0 aromatic heterocycles. The Morgan fingerprint density at radius 2 is 0.833 bits per heavy atom. The van der Waals surface area contributed by atoms with Crippen molar-refractivity contribution in [2.24, 2.45) is 0 Å². The fourth-order valence-corrected chi connectivity index (χ4v) is 0.354. The third-order valence-corrected chi connectivity index (χ3v) is 1.21. The highest BCUT2D eigenvalue weighted by Crippen LogP contribution is 1.88. The van der Waals surface area contributed by atoms with E-state index in [0.29, 0.717) is 0 Å². The molecule has 0 heterocycles. The van der Waals surface area contributed by atoms with E-state index in [4.69, 9.17) is 0 Å². The van der Waals surface area contributed by atoms with Gasteiger partial charge < -0.3 is 0 Å². The molecule has 0 nitrogen and oxygen atoms in total. The average molecular weight is 176 g/mol. The Bertz CT molecular complexity index is 19.2. The summed E-state index contributed by atoms with van der Waals surface area (Å²) in [5, 5.41) is 0. The largest absolute Gasteiger partial charge is 0.0776 e. The van der Waals surface area contributed by atoms with Crippen molar-refractivity contribution >= 4 is 0 Å². The Labute approximate surface area is 81.8 Å². The number of rotatable bonds is 3. The molecule has 0 N–H and O–H groups in total. The molecule has 80 valence electrons. The van der Waals surface area contributed by atoms with Gasteiger partial charge in [-0.05, 0) is 0 Å². The molecule has 0 rings (SSSR count). The van der Waals surface area contributed by atoms with E-state index in [1.54, 1.807) is 0 Å². The third kappa shape index (κ3) is 90.0. The number of unbranched alkanes of at least 4 members (excludes halogenated alkanes) is 3. The topological polar surface area (TPSA) is 0 Å². The molecular weight excluding hydrogens is 144 g/mol. The zero-order chi connectivity index (χ0) is 9.54. The standard InChI is InChI=1S/C5H12.C4H10.C2H6.CH4/c1-3-5-4-2;1-3-4-2;1-2;/h3-5H2,1-2H3;3-4H2,1-2H3;1-2H3;1H4. The molecule has 0 atom stereocenters. The summed E-state index contributed by atoms with van der Waals surface area (Å²) in [5.41, 5.74) is 0. The van der Waals surface area contributed by atoms with Crippen molar-refractivity contribution in [3.63, 3.8) is 0 Å². The monoisotopic (exact) mass is 176 g/mol. The Hall–Kier alpha value is 0. The quantitative estimate of drug-likeness (QED) is 0.520. The summed E-state index contributed by atoms with van der Waals surface area (Å²) < 4.78 is 0. The van der Waals surface area contributed by atoms with Crippen molar-refractivity contribution < 1.29 is 0 Å². The molecule has 0 aromatic rings. The predicted molar refractivity (Wildman–Crippen MR) is 63.9 cm³/mol. The first-order valence-corrected chi connectivity index (χ1v) is 5.33. The second kappa shape index (κ2) is 44.0. The molecule has 0 radical (unpaired) electrons. The molecule has 0 fully saturated rings. The smallest absolute Gasteiger partial charge is 0.0538 e. The highest BCUT2D eigenvalue weighted by atomic mass is 13.7. The molecule has 0 aliphatic heterocycles. The van der Waals surface area contributed by atoms with Crippen molar-refractivity contribution in [1.82, 2.24) is 0 Å². The van der Waals surface area contributed by atoms with Crippen LogP contribution in [0.25, 0.3) is 0 Å². The summed E-state index contributed by atoms with van der Waals surface area (Å²) >= 11 is 0. The Morgan fingerprint density at radius 3 is 0.833 bits per heavy atom. The van der Waals surface area contributed by atoms with Gasteiger partial charge in [0, 0.05) is 0 Å². The molecule has 0 spiro atoms. The van der Waals surface area contributed by atoms with Gasteiger partial charge in [0.2, 0.25) is 0 Å². The predicted octanol–water partition coefficient (Wildman–Crippen LogP) is 5.67. The van der Waals surface area contributed by atoms with Crippen molar-refractivity contribution in [1.29, 1.82) is 0 Å². The van der Waals surface area contributed by atoms with Crippen LogP contribution in [0.2, 0.25) is 0 Å². The van der Waals surface area contributed by atoms with E-state index >= 15 is 0 Å². The maximum absolute atomic E-state index is 2.21. The maximum atomic E-state index is 2.21. The molecule has 0 heteroatoms. The van der Waals surface area contributed by atoms with Crippen molar-refractivity contribution in [3.05, 3.63) is 0 Å². The molecule has 12 heavy (non-hydrogen) atoms. The molecule has 0 aromatic carbocycles. The summed E-state index contributed by atoms with van der Waals surface area (Å²) in [6.45, 7) is 12.8. The van der Waals surface area contributed by atoms with Gasteiger partial charge in [-0.2, -0.15) is 0 Å². The first-order chi connectivity index (χ1) is 5.33. The maximum Gasteiger partial charge on any atom is -0.0538 e. The SMILES string of the molecule is C.CC.CCCC.CCCCC. The Kier molecular flexibility index (Phi) is 83.2. The molecule has 0 aliphatic carbocycles. The lowest BCUT2D eigenvalue weighted by atomic mass is 10.3. The van der Waals surface area contributed by atoms with E-state index in [9.17, 15) is 0 Å². The van der Waals surface area contributed by atoms with Crippen LogP contribution in [0.1, 0.15) is 81.1 Å². The minimum atomic E-state index is 0. The van der Waals surface area contributed by atoms with Crippen LogP contribution in [-0.4, -0.2) is 0 Å². The highest BCUT2D eigenvalue weighted by Gasteiger charge is 1.68. The van der Waals surface area contributed by atoms with Crippen LogP contribution in [-0.2, 0) is 0 Å². The molecule has 0 saturated heterocycles. The lowest BCUT2D eigenvalue weighted by molar-refractivity contribution is 0.772. The zero-order valence-electron chi connectivity index (χ0n) is 9.54. The fourth-order valence-electron chi connectivity index (χ4n) is 0.354. The highest BCUT2D eigenvalue weighted by molar-refractivity contribution is 4.24. The summed E-state index contributed by atoms with van der Waals surface area (Å²) in [6, 6.07) is 0. The van der Waals surface area contributed by atoms with Crippen molar-refractivity contribution in [3.8, 4) is 0 Å². The minimum absolute atomic E-state index is 0. The van der Waals surface area contributed by atoms with Gasteiger partial charge in [-0.3, -0.25) is 0 Å². The van der Waals surface area contributed by atoms with Gasteiger partial charge in [0.1, 0.15) is 0 Å². The van der Waals surface area contributed by atoms with E-state index in [1.165, 1.54) is 32.1 Å². The van der Waals surface area contributed by atoms with Crippen molar-refractivity contribution in [2.45, 2.75) is 81.1 Å². The van der Waals surface area contributed by atoms with Gasteiger partial charge in [0.05, 0.1) is 0 Å². The Morgan fingerprint density at radius 1 is 0.583 bits per heavy atom. The molecule has 0 unspecified atom stereocenters. The van der Waals surface area contributed by atoms with E-state index in [1.807, 2.05) is 13.8 Å². The van der Waals surface area contributed by atoms with Gasteiger partial charge >= 0.3 is 0 Å². The zero-order valence-corrected chi connectivity index (χ0v) is 9.54. The first-order valence-electron chi connectivity index (χ1n) is 5.33. The molecule has 0 amide bonds. The van der Waals surface area contributed by atoms with E-state index < -0.39 is 0 Å². The van der Waals surface area contributed by atoms with E-state index in [0.717, 1.165) is 0 Å². The molecular formula is C12H32. The van der Waals surface area contributed by atoms with E-state index in [-0.39, 0.29) is 7.43 Å². The number of hydrogen-bond donors (Lipinski definition) is 0. The first kappa shape index (κ1) is 22.7. The Balaban J connectivity index is -0.0000000419. The molecule has 0 aliphatic rings. The van der Waals surface area contributed by atoms with Crippen LogP contribution in [0.5, 0.6) is 0 Å². The normalized spacial score (nSPS) is 6.50. The summed E-state index contributed by atoms with van der Waals surface area (Å²) in [4.78, 5) is 0. The van der Waals surface area contributed by atoms with Crippen LogP contribution < -0.4 is 0 Å². The van der Waals surface area contributed by atoms with E-state index in [2.05, 4.69) is 27.7 Å². The van der Waals surface area contributed by atoms with Crippen LogP contribution >= 0.6 is 0 Å². The van der Waals surface area contributed by atoms with Crippen LogP contribution in [0.15, 0.2) is 0 Å². The summed E-state index contributed by atoms with van der Waals surface area (Å²) in [5.74, 6) is 0. The van der Waals surface area contributed by atoms with Crippen molar-refractivity contribution in [2.75, 3.05) is 0 Å². The lowest BCUT2D eigenvalue weighted by Crippen LogP contribution is -1.59. The second-order valence-electron chi connectivity index (χ2n) is 2.35. The van der Waals surface area contributed by atoms with Crippen LogP contribution in [0.3, 0.4) is 0 Å². The van der Waals surface area contributed by atoms with Gasteiger partial charge in [-0.15, -0.1) is 0 Å². The average Bonchev–Trinajstić information content (AvgIpc) is 2.10. The van der Waals surface area contributed by atoms with Gasteiger partial charge in [0.25, 0.3) is 0 Å². The van der Waals surface area contributed by atoms with Gasteiger partial charge in [-0.1, -0.05) is 81.1 Å². The fraction of sp³-hybridized carbons (Fsp3) is 1.00. The molecule has 0 bridgehead atoms. The molecule has 0 saturated carbocycles. The van der Waals surface area contributed by atoms with Crippen LogP contribution in [0.4, 0.5) is 0 Å². The summed E-state index contributed by atoms with van der Waals surface area (Å²) in [7, 11) is 0. The third-order valence-electron chi connectivity index (χ3n) is 1.21. The summed E-state index contributed by atoms with van der Waals surface area (Å²) in [6.07, 6.45) is 6.72. The number of hydrogen-bond acceptors (Lipinski definition) is 0. The van der Waals surface area contributed by atoms with Crippen LogP contribution in [0, 0.1) is 0 Å². The van der Waals surface area contributed by atoms with Gasteiger partial charge in [0.15, 0.2) is 0 Å². The second-order valence-corrected chi connectivity index (χ2v) is 2.35. The minimum Gasteiger partial charge on any atom is -0.0776 e. The van der Waals surface area contributed by atoms with Gasteiger partial charge in [-0.25, -0.2) is 0 Å². The lowest BCUT2D eigenvalue weighted by Gasteiger charge is -1.79.